The van der Waals surface area contributed by atoms with Crippen molar-refractivity contribution in [3.63, 3.8) is 0 Å². The standard InChI is InChI=1S/C13H19N5S/c1-13(2,3)16-7-10-5-14-12(15-6-10)19-11-8-17-18(4)9-11/h5-6,8-9,16H,7H2,1-4H3. The van der Waals surface area contributed by atoms with E-state index >= 15 is 0 Å². The smallest absolute Gasteiger partial charge is 0.192 e. The molecule has 0 radical (unpaired) electrons. The third-order valence-electron chi connectivity index (χ3n) is 2.39. The van der Waals surface area contributed by atoms with E-state index in [1.54, 1.807) is 4.68 Å². The molecule has 0 saturated heterocycles. The average molecular weight is 277 g/mol. The van der Waals surface area contributed by atoms with Gasteiger partial charge in [0.05, 0.1) is 11.1 Å². The van der Waals surface area contributed by atoms with Gasteiger partial charge in [0.25, 0.3) is 0 Å². The number of aromatic nitrogens is 4. The van der Waals surface area contributed by atoms with Crippen LogP contribution in [0.25, 0.3) is 0 Å². The largest absolute Gasteiger partial charge is 0.308 e. The predicted molar refractivity (Wildman–Crippen MR) is 76.0 cm³/mol. The maximum absolute atomic E-state index is 4.36. The number of nitrogens with zero attached hydrogens (tertiary/aromatic N) is 4. The van der Waals surface area contributed by atoms with Crippen LogP contribution in [0.1, 0.15) is 26.3 Å². The summed E-state index contributed by atoms with van der Waals surface area (Å²) in [4.78, 5) is 9.76. The van der Waals surface area contributed by atoms with Crippen molar-refractivity contribution in [1.82, 2.24) is 25.1 Å². The van der Waals surface area contributed by atoms with E-state index in [-0.39, 0.29) is 5.54 Å². The second-order valence-corrected chi connectivity index (χ2v) is 6.47. The number of aryl methyl sites for hydroxylation is 1. The molecule has 19 heavy (non-hydrogen) atoms. The summed E-state index contributed by atoms with van der Waals surface area (Å²) >= 11 is 1.51. The monoisotopic (exact) mass is 277 g/mol. The Kier molecular flexibility index (Phi) is 4.21. The molecule has 0 aliphatic rings. The number of rotatable bonds is 4. The van der Waals surface area contributed by atoms with Gasteiger partial charge in [0.2, 0.25) is 0 Å². The molecular formula is C13H19N5S. The van der Waals surface area contributed by atoms with Crippen molar-refractivity contribution in [3.05, 3.63) is 30.4 Å². The molecule has 0 aliphatic heterocycles. The minimum absolute atomic E-state index is 0.100. The average Bonchev–Trinajstić information content (AvgIpc) is 2.73. The first-order valence-electron chi connectivity index (χ1n) is 6.15. The summed E-state index contributed by atoms with van der Waals surface area (Å²) in [6.07, 6.45) is 7.49. The minimum Gasteiger partial charge on any atom is -0.308 e. The summed E-state index contributed by atoms with van der Waals surface area (Å²) in [6.45, 7) is 7.20. The van der Waals surface area contributed by atoms with Crippen LogP contribution < -0.4 is 5.32 Å². The van der Waals surface area contributed by atoms with Gasteiger partial charge in [0.15, 0.2) is 5.16 Å². The Bertz CT molecular complexity index is 527. The van der Waals surface area contributed by atoms with Crippen LogP contribution >= 0.6 is 11.8 Å². The molecule has 0 atom stereocenters. The SMILES string of the molecule is Cn1cc(Sc2ncc(CNC(C)(C)C)cn2)cn1. The highest BCUT2D eigenvalue weighted by atomic mass is 32.2. The highest BCUT2D eigenvalue weighted by Crippen LogP contribution is 2.23. The highest BCUT2D eigenvalue weighted by Gasteiger charge is 2.09. The molecule has 0 saturated carbocycles. The van der Waals surface area contributed by atoms with Gasteiger partial charge in [0, 0.05) is 43.3 Å². The van der Waals surface area contributed by atoms with Gasteiger partial charge >= 0.3 is 0 Å². The Morgan fingerprint density at radius 3 is 2.42 bits per heavy atom. The molecular weight excluding hydrogens is 258 g/mol. The maximum Gasteiger partial charge on any atom is 0.192 e. The van der Waals surface area contributed by atoms with E-state index in [0.29, 0.717) is 0 Å². The zero-order valence-electron chi connectivity index (χ0n) is 11.7. The topological polar surface area (TPSA) is 55.6 Å². The van der Waals surface area contributed by atoms with Crippen LogP contribution in [-0.2, 0) is 13.6 Å². The highest BCUT2D eigenvalue weighted by molar-refractivity contribution is 7.99. The van der Waals surface area contributed by atoms with Crippen molar-refractivity contribution in [2.24, 2.45) is 7.05 Å². The summed E-state index contributed by atoms with van der Waals surface area (Å²) in [7, 11) is 1.90. The van der Waals surface area contributed by atoms with Crippen molar-refractivity contribution in [3.8, 4) is 0 Å². The molecule has 1 N–H and O–H groups in total. The van der Waals surface area contributed by atoms with Gasteiger partial charge < -0.3 is 5.32 Å². The summed E-state index contributed by atoms with van der Waals surface area (Å²) < 4.78 is 1.77. The van der Waals surface area contributed by atoms with Gasteiger partial charge in [-0.2, -0.15) is 5.10 Å². The molecule has 0 aliphatic carbocycles. The third-order valence-corrected chi connectivity index (χ3v) is 3.23. The molecule has 102 valence electrons. The van der Waals surface area contributed by atoms with Crippen molar-refractivity contribution < 1.29 is 0 Å². The van der Waals surface area contributed by atoms with Crippen molar-refractivity contribution >= 4 is 11.8 Å². The second-order valence-electron chi connectivity index (χ2n) is 5.43. The van der Waals surface area contributed by atoms with Crippen LogP contribution in [0.3, 0.4) is 0 Å². The zero-order chi connectivity index (χ0) is 13.9. The Labute approximate surface area is 117 Å². The molecule has 0 fully saturated rings. The van der Waals surface area contributed by atoms with Crippen molar-refractivity contribution in [2.45, 2.75) is 42.9 Å². The van der Waals surface area contributed by atoms with Crippen molar-refractivity contribution in [1.29, 1.82) is 0 Å². The van der Waals surface area contributed by atoms with Crippen LogP contribution in [0, 0.1) is 0 Å². The van der Waals surface area contributed by atoms with Gasteiger partial charge in [-0.3, -0.25) is 4.68 Å². The lowest BCUT2D eigenvalue weighted by Gasteiger charge is -2.20. The van der Waals surface area contributed by atoms with E-state index < -0.39 is 0 Å². The van der Waals surface area contributed by atoms with E-state index in [1.807, 2.05) is 31.8 Å². The molecule has 2 rings (SSSR count). The zero-order valence-corrected chi connectivity index (χ0v) is 12.5. The Hall–Kier alpha value is -1.40. The van der Waals surface area contributed by atoms with Crippen molar-refractivity contribution in [2.75, 3.05) is 0 Å². The second kappa shape index (κ2) is 5.71. The van der Waals surface area contributed by atoms with Gasteiger partial charge in [0.1, 0.15) is 0 Å². The van der Waals surface area contributed by atoms with E-state index in [0.717, 1.165) is 22.2 Å². The van der Waals surface area contributed by atoms with Crippen LogP contribution in [0.5, 0.6) is 0 Å². The predicted octanol–water partition coefficient (Wildman–Crippen LogP) is 2.25. The Morgan fingerprint density at radius 1 is 1.21 bits per heavy atom. The van der Waals surface area contributed by atoms with Gasteiger partial charge in [-0.05, 0) is 32.5 Å². The number of nitrogens with one attached hydrogen (secondary N) is 1. The fraction of sp³-hybridized carbons (Fsp3) is 0.462. The molecule has 2 aromatic heterocycles. The summed E-state index contributed by atoms with van der Waals surface area (Å²) in [6, 6.07) is 0. The number of hydrogen-bond acceptors (Lipinski definition) is 5. The van der Waals surface area contributed by atoms with Gasteiger partial charge in [-0.1, -0.05) is 0 Å². The van der Waals surface area contributed by atoms with E-state index in [2.05, 4.69) is 41.2 Å². The minimum atomic E-state index is 0.100. The summed E-state index contributed by atoms with van der Waals surface area (Å²) in [5.74, 6) is 0. The van der Waals surface area contributed by atoms with Crippen LogP contribution in [0.15, 0.2) is 34.8 Å². The lowest BCUT2D eigenvalue weighted by molar-refractivity contribution is 0.423. The lowest BCUT2D eigenvalue weighted by Crippen LogP contribution is -2.35. The van der Waals surface area contributed by atoms with Crippen LogP contribution in [0.4, 0.5) is 0 Å². The molecule has 0 unspecified atom stereocenters. The lowest BCUT2D eigenvalue weighted by atomic mass is 10.1. The fourth-order valence-electron chi connectivity index (χ4n) is 1.41. The van der Waals surface area contributed by atoms with E-state index in [1.165, 1.54) is 11.8 Å². The molecule has 5 nitrogen and oxygen atoms in total. The van der Waals surface area contributed by atoms with Gasteiger partial charge in [-0.15, -0.1) is 0 Å². The molecule has 0 amide bonds. The maximum atomic E-state index is 4.36. The molecule has 2 aromatic rings. The quantitative estimate of drug-likeness (QED) is 0.869. The first-order chi connectivity index (χ1) is 8.92. The molecule has 6 heteroatoms. The molecule has 0 spiro atoms. The first kappa shape index (κ1) is 14.0. The Balaban J connectivity index is 1.95. The number of hydrogen-bond donors (Lipinski definition) is 1. The molecule has 0 bridgehead atoms. The first-order valence-corrected chi connectivity index (χ1v) is 6.96. The van der Waals surface area contributed by atoms with E-state index in [4.69, 9.17) is 0 Å². The fourth-order valence-corrected chi connectivity index (χ4v) is 2.14. The molecule has 0 aromatic carbocycles. The summed E-state index contributed by atoms with van der Waals surface area (Å²) in [5, 5.41) is 8.27. The van der Waals surface area contributed by atoms with Crippen LogP contribution in [-0.4, -0.2) is 25.3 Å². The van der Waals surface area contributed by atoms with Gasteiger partial charge in [-0.25, -0.2) is 9.97 Å². The normalized spacial score (nSPS) is 11.8. The Morgan fingerprint density at radius 2 is 1.89 bits per heavy atom. The summed E-state index contributed by atoms with van der Waals surface area (Å²) in [5.41, 5.74) is 1.19. The third kappa shape index (κ3) is 4.65. The molecule has 2 heterocycles. The van der Waals surface area contributed by atoms with E-state index in [9.17, 15) is 0 Å². The van der Waals surface area contributed by atoms with Crippen LogP contribution in [0.2, 0.25) is 0 Å².